The Morgan fingerprint density at radius 1 is 1.21 bits per heavy atom. The van der Waals surface area contributed by atoms with Crippen molar-refractivity contribution in [1.29, 1.82) is 0 Å². The van der Waals surface area contributed by atoms with Crippen molar-refractivity contribution >= 4 is 0 Å². The molecule has 4 nitrogen and oxygen atoms in total. The molecule has 0 aliphatic heterocycles. The minimum atomic E-state index is 0.954. The average Bonchev–Trinajstić information content (AvgIpc) is 2.55. The maximum atomic E-state index is 4.35. The standard InChI is InChI=1S/C10H13N4/c1-7-6-13(3)12-10(7)9-5-8(2)11-14(9)4/h5H,1-4H3. The molecule has 14 heavy (non-hydrogen) atoms. The molecule has 2 rings (SSSR count). The molecule has 0 atom stereocenters. The molecule has 0 aliphatic carbocycles. The molecule has 0 saturated carbocycles. The second kappa shape index (κ2) is 2.97. The molecule has 0 aromatic carbocycles. The first-order valence-electron chi connectivity index (χ1n) is 4.52. The van der Waals surface area contributed by atoms with Gasteiger partial charge in [0.1, 0.15) is 5.69 Å². The monoisotopic (exact) mass is 189 g/mol. The SMILES string of the molecule is Cc1cc(-c2nn(C)[c]c2C)n(C)n1. The van der Waals surface area contributed by atoms with Gasteiger partial charge in [-0.1, -0.05) is 0 Å². The van der Waals surface area contributed by atoms with E-state index in [4.69, 9.17) is 0 Å². The fraction of sp³-hybridized carbons (Fsp3) is 0.400. The Bertz CT molecular complexity index is 420. The van der Waals surface area contributed by atoms with Crippen molar-refractivity contribution < 1.29 is 0 Å². The predicted molar refractivity (Wildman–Crippen MR) is 53.7 cm³/mol. The highest BCUT2D eigenvalue weighted by Crippen LogP contribution is 2.20. The van der Waals surface area contributed by atoms with E-state index in [0.717, 1.165) is 22.6 Å². The van der Waals surface area contributed by atoms with E-state index in [9.17, 15) is 0 Å². The molecule has 0 saturated heterocycles. The Hall–Kier alpha value is -1.58. The van der Waals surface area contributed by atoms with Gasteiger partial charge in [-0.15, -0.1) is 0 Å². The summed E-state index contributed by atoms with van der Waals surface area (Å²) in [5, 5.41) is 8.65. The lowest BCUT2D eigenvalue weighted by Gasteiger charge is -1.97. The number of rotatable bonds is 1. The zero-order valence-electron chi connectivity index (χ0n) is 8.87. The van der Waals surface area contributed by atoms with E-state index < -0.39 is 0 Å². The normalized spacial score (nSPS) is 10.9. The van der Waals surface area contributed by atoms with E-state index in [-0.39, 0.29) is 0 Å². The van der Waals surface area contributed by atoms with Crippen LogP contribution in [0.4, 0.5) is 0 Å². The molecular formula is C10H13N4. The van der Waals surface area contributed by atoms with Crippen LogP contribution in [0.5, 0.6) is 0 Å². The third kappa shape index (κ3) is 1.32. The van der Waals surface area contributed by atoms with Crippen LogP contribution in [-0.2, 0) is 14.1 Å². The second-order valence-corrected chi connectivity index (χ2v) is 3.50. The van der Waals surface area contributed by atoms with Crippen molar-refractivity contribution in [3.63, 3.8) is 0 Å². The summed E-state index contributed by atoms with van der Waals surface area (Å²) < 4.78 is 3.55. The molecule has 0 aliphatic rings. The lowest BCUT2D eigenvalue weighted by molar-refractivity contribution is 0.742. The van der Waals surface area contributed by atoms with E-state index in [1.54, 1.807) is 4.68 Å². The summed E-state index contributed by atoms with van der Waals surface area (Å²) in [6.45, 7) is 3.98. The minimum Gasteiger partial charge on any atom is -0.266 e. The zero-order valence-corrected chi connectivity index (χ0v) is 8.87. The highest BCUT2D eigenvalue weighted by Gasteiger charge is 2.11. The number of hydrogen-bond acceptors (Lipinski definition) is 2. The molecule has 0 amide bonds. The van der Waals surface area contributed by atoms with Crippen LogP contribution in [0.1, 0.15) is 11.3 Å². The highest BCUT2D eigenvalue weighted by atomic mass is 15.3. The smallest absolute Gasteiger partial charge is 0.114 e. The van der Waals surface area contributed by atoms with Gasteiger partial charge in [-0.25, -0.2) is 0 Å². The molecule has 2 heterocycles. The van der Waals surface area contributed by atoms with Gasteiger partial charge < -0.3 is 0 Å². The van der Waals surface area contributed by atoms with Gasteiger partial charge in [0.25, 0.3) is 0 Å². The van der Waals surface area contributed by atoms with Crippen molar-refractivity contribution in [3.05, 3.63) is 23.5 Å². The maximum Gasteiger partial charge on any atom is 0.114 e. The van der Waals surface area contributed by atoms with Crippen molar-refractivity contribution in [1.82, 2.24) is 19.6 Å². The van der Waals surface area contributed by atoms with Crippen molar-refractivity contribution in [2.75, 3.05) is 0 Å². The van der Waals surface area contributed by atoms with Crippen molar-refractivity contribution in [3.8, 4) is 11.4 Å². The van der Waals surface area contributed by atoms with Gasteiger partial charge in [-0.3, -0.25) is 9.36 Å². The van der Waals surface area contributed by atoms with Crippen LogP contribution in [0.15, 0.2) is 6.07 Å². The molecule has 1 radical (unpaired) electrons. The van der Waals surface area contributed by atoms with Crippen LogP contribution in [0.3, 0.4) is 0 Å². The lowest BCUT2D eigenvalue weighted by atomic mass is 10.2. The molecule has 73 valence electrons. The van der Waals surface area contributed by atoms with Crippen molar-refractivity contribution in [2.45, 2.75) is 13.8 Å². The summed E-state index contributed by atoms with van der Waals surface area (Å²) in [7, 11) is 3.80. The van der Waals surface area contributed by atoms with E-state index in [1.807, 2.05) is 38.7 Å². The average molecular weight is 189 g/mol. The van der Waals surface area contributed by atoms with Crippen LogP contribution < -0.4 is 0 Å². The Balaban J connectivity index is 2.59. The molecule has 0 bridgehead atoms. The zero-order chi connectivity index (χ0) is 10.3. The van der Waals surface area contributed by atoms with Crippen LogP contribution in [0.25, 0.3) is 11.4 Å². The Morgan fingerprint density at radius 3 is 2.36 bits per heavy atom. The first-order valence-corrected chi connectivity index (χ1v) is 4.52. The van der Waals surface area contributed by atoms with Gasteiger partial charge in [0.05, 0.1) is 17.6 Å². The molecule has 2 aromatic rings. The van der Waals surface area contributed by atoms with Gasteiger partial charge >= 0.3 is 0 Å². The summed E-state index contributed by atoms with van der Waals surface area (Å²) in [4.78, 5) is 0. The Kier molecular flexibility index (Phi) is 1.91. The van der Waals surface area contributed by atoms with Crippen LogP contribution in [0, 0.1) is 20.0 Å². The van der Waals surface area contributed by atoms with Crippen LogP contribution >= 0.6 is 0 Å². The maximum absolute atomic E-state index is 4.35. The van der Waals surface area contributed by atoms with E-state index in [0.29, 0.717) is 0 Å². The molecular weight excluding hydrogens is 176 g/mol. The summed E-state index contributed by atoms with van der Waals surface area (Å²) in [6.07, 6.45) is 3.11. The van der Waals surface area contributed by atoms with E-state index in [1.165, 1.54) is 0 Å². The molecule has 2 aromatic heterocycles. The molecule has 0 fully saturated rings. The summed E-state index contributed by atoms with van der Waals surface area (Å²) in [5.41, 5.74) is 4.05. The van der Waals surface area contributed by atoms with Crippen LogP contribution in [0.2, 0.25) is 0 Å². The van der Waals surface area contributed by atoms with Crippen molar-refractivity contribution in [2.24, 2.45) is 14.1 Å². The largest absolute Gasteiger partial charge is 0.266 e. The second-order valence-electron chi connectivity index (χ2n) is 3.50. The summed E-state index contributed by atoms with van der Waals surface area (Å²) in [5.74, 6) is 0. The molecule has 4 heteroatoms. The Morgan fingerprint density at radius 2 is 1.93 bits per heavy atom. The third-order valence-electron chi connectivity index (χ3n) is 2.18. The van der Waals surface area contributed by atoms with E-state index >= 15 is 0 Å². The number of nitrogens with zero attached hydrogens (tertiary/aromatic N) is 4. The number of aromatic nitrogens is 4. The highest BCUT2D eigenvalue weighted by molar-refractivity contribution is 5.58. The lowest BCUT2D eigenvalue weighted by Crippen LogP contribution is -1.96. The predicted octanol–water partition coefficient (Wildman–Crippen LogP) is 1.24. The number of hydrogen-bond donors (Lipinski definition) is 0. The van der Waals surface area contributed by atoms with Gasteiger partial charge in [-0.05, 0) is 19.9 Å². The summed E-state index contributed by atoms with van der Waals surface area (Å²) >= 11 is 0. The Labute approximate surface area is 83.2 Å². The van der Waals surface area contributed by atoms with Gasteiger partial charge in [0.2, 0.25) is 0 Å². The van der Waals surface area contributed by atoms with Crippen LogP contribution in [-0.4, -0.2) is 19.6 Å². The first-order chi connectivity index (χ1) is 6.58. The third-order valence-corrected chi connectivity index (χ3v) is 2.18. The molecule has 0 spiro atoms. The minimum absolute atomic E-state index is 0.954. The topological polar surface area (TPSA) is 35.6 Å². The molecule has 0 N–H and O–H groups in total. The van der Waals surface area contributed by atoms with E-state index in [2.05, 4.69) is 16.4 Å². The quantitative estimate of drug-likeness (QED) is 0.676. The fourth-order valence-corrected chi connectivity index (χ4v) is 1.62. The number of aryl methyl sites for hydroxylation is 4. The van der Waals surface area contributed by atoms with Gasteiger partial charge in [0, 0.05) is 19.7 Å². The molecule has 0 unspecified atom stereocenters. The first kappa shape index (κ1) is 8.99. The fourth-order valence-electron chi connectivity index (χ4n) is 1.62. The summed E-state index contributed by atoms with van der Waals surface area (Å²) in [6, 6.07) is 2.03. The van der Waals surface area contributed by atoms with Gasteiger partial charge in [-0.2, -0.15) is 10.2 Å². The van der Waals surface area contributed by atoms with Gasteiger partial charge in [0.15, 0.2) is 0 Å².